The van der Waals surface area contributed by atoms with Crippen molar-refractivity contribution in [2.24, 2.45) is 5.41 Å². The lowest BCUT2D eigenvalue weighted by Gasteiger charge is -2.19. The van der Waals surface area contributed by atoms with Crippen LogP contribution in [0.15, 0.2) is 45.8 Å². The van der Waals surface area contributed by atoms with Gasteiger partial charge in [-0.15, -0.1) is 0 Å². The van der Waals surface area contributed by atoms with Gasteiger partial charge in [0.15, 0.2) is 16.1 Å². The van der Waals surface area contributed by atoms with Crippen molar-refractivity contribution >= 4 is 37.4 Å². The second-order valence-corrected chi connectivity index (χ2v) is 12.1. The third-order valence-electron chi connectivity index (χ3n) is 5.04. The first kappa shape index (κ1) is 24.9. The third kappa shape index (κ3) is 6.63. The Morgan fingerprint density at radius 3 is 2.44 bits per heavy atom. The van der Waals surface area contributed by atoms with Crippen molar-refractivity contribution in [3.05, 3.63) is 57.6 Å². The van der Waals surface area contributed by atoms with E-state index in [0.29, 0.717) is 30.0 Å². The molecular weight excluding hydrogens is 494 g/mol. The van der Waals surface area contributed by atoms with Gasteiger partial charge in [-0.3, -0.25) is 4.79 Å². The number of hydrogen-bond acceptors (Lipinski definition) is 5. The van der Waals surface area contributed by atoms with Crippen LogP contribution in [-0.4, -0.2) is 39.6 Å². The molecule has 8 heteroatoms. The number of hydrogen-bond donors (Lipinski definition) is 1. The van der Waals surface area contributed by atoms with Gasteiger partial charge in [0.2, 0.25) is 0 Å². The number of aryl methyl sites for hydroxylation is 2. The Bertz CT molecular complexity index is 1090. The van der Waals surface area contributed by atoms with Gasteiger partial charge in [0, 0.05) is 22.1 Å². The Labute approximate surface area is 198 Å². The summed E-state index contributed by atoms with van der Waals surface area (Å²) in [7, 11) is -3.43. The molecule has 1 aliphatic rings. The Hall–Kier alpha value is -1.74. The first-order valence-corrected chi connectivity index (χ1v) is 13.1. The Morgan fingerprint density at radius 1 is 1.12 bits per heavy atom. The predicted octanol–water partition coefficient (Wildman–Crippen LogP) is 5.14. The van der Waals surface area contributed by atoms with Crippen molar-refractivity contribution < 1.29 is 22.7 Å². The van der Waals surface area contributed by atoms with Crippen molar-refractivity contribution in [3.8, 4) is 0 Å². The van der Waals surface area contributed by atoms with Crippen LogP contribution < -0.4 is 5.32 Å². The molecule has 2 aromatic carbocycles. The zero-order valence-corrected chi connectivity index (χ0v) is 21.3. The Balaban J connectivity index is 1.71. The number of ether oxygens (including phenoxy) is 2. The maximum Gasteiger partial charge on any atom is 0.255 e. The number of sulfone groups is 1. The van der Waals surface area contributed by atoms with Crippen LogP contribution in [0.2, 0.25) is 0 Å². The number of nitrogens with one attached hydrogen (secondary N) is 1. The van der Waals surface area contributed by atoms with Crippen molar-refractivity contribution in [2.75, 3.05) is 24.3 Å². The molecule has 2 aromatic rings. The lowest BCUT2D eigenvalue weighted by molar-refractivity contribution is -0.0462. The van der Waals surface area contributed by atoms with Gasteiger partial charge in [-0.05, 0) is 66.3 Å². The maximum absolute atomic E-state index is 12.8. The van der Waals surface area contributed by atoms with Crippen LogP contribution >= 0.6 is 15.9 Å². The average molecular weight is 524 g/mol. The number of anilines is 1. The maximum atomic E-state index is 12.8. The summed E-state index contributed by atoms with van der Waals surface area (Å²) in [5.41, 5.74) is 2.34. The fraction of sp³-hybridized carbons (Fsp3) is 0.458. The zero-order chi connectivity index (χ0) is 23.5. The van der Waals surface area contributed by atoms with Gasteiger partial charge >= 0.3 is 0 Å². The minimum absolute atomic E-state index is 0.0466. The van der Waals surface area contributed by atoms with E-state index in [1.165, 1.54) is 6.07 Å². The number of rotatable bonds is 7. The van der Waals surface area contributed by atoms with Gasteiger partial charge < -0.3 is 14.8 Å². The van der Waals surface area contributed by atoms with E-state index in [1.807, 2.05) is 39.0 Å². The number of carbonyl (C=O) groups is 1. The quantitative estimate of drug-likeness (QED) is 0.543. The van der Waals surface area contributed by atoms with Crippen molar-refractivity contribution in [1.82, 2.24) is 0 Å². The highest BCUT2D eigenvalue weighted by molar-refractivity contribution is 9.10. The number of benzene rings is 2. The molecule has 0 atom stereocenters. The second kappa shape index (κ2) is 10.0. The first-order valence-electron chi connectivity index (χ1n) is 10.6. The molecule has 0 aliphatic carbocycles. The summed E-state index contributed by atoms with van der Waals surface area (Å²) in [5, 5.41) is 2.91. The van der Waals surface area contributed by atoms with Crippen molar-refractivity contribution in [1.29, 1.82) is 0 Å². The van der Waals surface area contributed by atoms with E-state index in [9.17, 15) is 13.2 Å². The number of carbonyl (C=O) groups excluding carboxylic acids is 1. The fourth-order valence-electron chi connectivity index (χ4n) is 3.68. The van der Waals surface area contributed by atoms with Gasteiger partial charge in [0.05, 0.1) is 23.9 Å². The third-order valence-corrected chi connectivity index (χ3v) is 8.19. The van der Waals surface area contributed by atoms with Crippen LogP contribution in [0.5, 0.6) is 0 Å². The highest BCUT2D eigenvalue weighted by Gasteiger charge is 2.25. The predicted molar refractivity (Wildman–Crippen MR) is 129 cm³/mol. The summed E-state index contributed by atoms with van der Waals surface area (Å²) in [6, 6.07) is 10.4. The molecule has 1 saturated heterocycles. The highest BCUT2D eigenvalue weighted by atomic mass is 79.9. The van der Waals surface area contributed by atoms with Crippen LogP contribution in [0, 0.1) is 12.3 Å². The molecule has 3 rings (SSSR count). The lowest BCUT2D eigenvalue weighted by atomic mass is 10.0. The second-order valence-electron chi connectivity index (χ2n) is 9.27. The summed E-state index contributed by atoms with van der Waals surface area (Å²) in [5.74, 6) is -0.242. The van der Waals surface area contributed by atoms with E-state index in [1.54, 1.807) is 19.1 Å². The standard InChI is InChI=1S/C24H30BrNO5S/c1-16-13-18(5-9-21(16)32(28,29)15-24(2,3)4)23(27)26-19-7-8-20(25)17(14-19)6-10-22-30-11-12-31-22/h5,7-9,13-14,22H,6,10-12,15H2,1-4H3,(H,26,27). The highest BCUT2D eigenvalue weighted by Crippen LogP contribution is 2.27. The molecule has 1 N–H and O–H groups in total. The summed E-state index contributed by atoms with van der Waals surface area (Å²) in [6.45, 7) is 8.64. The van der Waals surface area contributed by atoms with E-state index in [0.717, 1.165) is 22.9 Å². The van der Waals surface area contributed by atoms with Crippen LogP contribution in [0.1, 0.15) is 48.7 Å². The Morgan fingerprint density at radius 2 is 1.81 bits per heavy atom. The van der Waals surface area contributed by atoms with E-state index in [2.05, 4.69) is 21.2 Å². The molecule has 1 aliphatic heterocycles. The Kier molecular flexibility index (Phi) is 7.81. The van der Waals surface area contributed by atoms with E-state index in [-0.39, 0.29) is 28.3 Å². The van der Waals surface area contributed by atoms with Crippen molar-refractivity contribution in [2.45, 2.75) is 51.7 Å². The van der Waals surface area contributed by atoms with E-state index < -0.39 is 9.84 Å². The fourth-order valence-corrected chi connectivity index (χ4v) is 6.25. The molecule has 0 bridgehead atoms. The molecule has 0 unspecified atom stereocenters. The van der Waals surface area contributed by atoms with Crippen molar-refractivity contribution in [3.63, 3.8) is 0 Å². The lowest BCUT2D eigenvalue weighted by Crippen LogP contribution is -2.21. The summed E-state index contributed by atoms with van der Waals surface area (Å²) < 4.78 is 37.4. The average Bonchev–Trinajstić information content (AvgIpc) is 3.19. The molecular formula is C24H30BrNO5S. The van der Waals surface area contributed by atoms with Crippen LogP contribution in [0.3, 0.4) is 0 Å². The summed E-state index contributed by atoms with van der Waals surface area (Å²) in [4.78, 5) is 13.1. The minimum atomic E-state index is -3.43. The van der Waals surface area contributed by atoms with Gasteiger partial charge in [-0.25, -0.2) is 8.42 Å². The molecule has 0 radical (unpaired) electrons. The topological polar surface area (TPSA) is 81.7 Å². The molecule has 0 spiro atoms. The zero-order valence-electron chi connectivity index (χ0n) is 18.9. The molecule has 174 valence electrons. The molecule has 6 nitrogen and oxygen atoms in total. The summed E-state index contributed by atoms with van der Waals surface area (Å²) >= 11 is 3.56. The first-order chi connectivity index (χ1) is 14.9. The smallest absolute Gasteiger partial charge is 0.255 e. The van der Waals surface area contributed by atoms with Gasteiger partial charge in [0.1, 0.15) is 0 Å². The summed E-state index contributed by atoms with van der Waals surface area (Å²) in [6.07, 6.45) is 1.30. The largest absolute Gasteiger partial charge is 0.350 e. The molecule has 1 amide bonds. The van der Waals surface area contributed by atoms with Gasteiger partial charge in [0.25, 0.3) is 5.91 Å². The molecule has 0 aromatic heterocycles. The SMILES string of the molecule is Cc1cc(C(=O)Nc2ccc(Br)c(CCC3OCCO3)c2)ccc1S(=O)(=O)CC(C)(C)C. The monoisotopic (exact) mass is 523 g/mol. The van der Waals surface area contributed by atoms with E-state index in [4.69, 9.17) is 9.47 Å². The normalized spacial score (nSPS) is 15.2. The number of halogens is 1. The molecule has 0 saturated carbocycles. The van der Waals surface area contributed by atoms with E-state index >= 15 is 0 Å². The number of amides is 1. The van der Waals surface area contributed by atoms with Crippen LogP contribution in [-0.2, 0) is 25.7 Å². The van der Waals surface area contributed by atoms with Gasteiger partial charge in [-0.1, -0.05) is 36.7 Å². The van der Waals surface area contributed by atoms with Crippen LogP contribution in [0.25, 0.3) is 0 Å². The van der Waals surface area contributed by atoms with Gasteiger partial charge in [-0.2, -0.15) is 0 Å². The van der Waals surface area contributed by atoms with Crippen LogP contribution in [0.4, 0.5) is 5.69 Å². The molecule has 1 heterocycles. The molecule has 32 heavy (non-hydrogen) atoms. The minimum Gasteiger partial charge on any atom is -0.350 e. The molecule has 1 fully saturated rings.